The fourth-order valence-electron chi connectivity index (χ4n) is 3.36. The van der Waals surface area contributed by atoms with Gasteiger partial charge in [0.15, 0.2) is 0 Å². The van der Waals surface area contributed by atoms with Gasteiger partial charge in [-0.2, -0.15) is 0 Å². The molecule has 1 N–H and O–H groups in total. The largest absolute Gasteiger partial charge is 0.453 e. The normalized spacial score (nSPS) is 11.0. The highest BCUT2D eigenvalue weighted by atomic mass is 32.1. The molecule has 0 unspecified atom stereocenters. The number of anilines is 1. The van der Waals surface area contributed by atoms with Crippen LogP contribution in [0.2, 0.25) is 0 Å². The van der Waals surface area contributed by atoms with Crippen molar-refractivity contribution in [3.05, 3.63) is 81.5 Å². The quantitative estimate of drug-likeness (QED) is 0.339. The molecule has 2 aromatic heterocycles. The number of ether oxygens (including phenoxy) is 2. The SMILES string of the molecule is CCOCc1c(C(=O)OCc2csc(CC(=O)Nc3ccccc3C)n2)oc2ccccc12. The summed E-state index contributed by atoms with van der Waals surface area (Å²) in [5, 5.41) is 6.15. The summed E-state index contributed by atoms with van der Waals surface area (Å²) in [6.07, 6.45) is 0.148. The van der Waals surface area contributed by atoms with Crippen LogP contribution < -0.4 is 5.32 Å². The first kappa shape index (κ1) is 22.7. The van der Waals surface area contributed by atoms with E-state index in [1.807, 2.05) is 56.3 Å². The molecule has 0 saturated heterocycles. The number of benzene rings is 2. The van der Waals surface area contributed by atoms with E-state index >= 15 is 0 Å². The highest BCUT2D eigenvalue weighted by Gasteiger charge is 2.22. The number of nitrogens with zero attached hydrogens (tertiary/aromatic N) is 1. The van der Waals surface area contributed by atoms with Crippen LogP contribution in [-0.2, 0) is 33.9 Å². The van der Waals surface area contributed by atoms with Crippen molar-refractivity contribution in [3.8, 4) is 0 Å². The lowest BCUT2D eigenvalue weighted by Gasteiger charge is -2.06. The topological polar surface area (TPSA) is 90.7 Å². The molecule has 0 saturated carbocycles. The number of thiazole rings is 1. The number of esters is 1. The molecule has 4 rings (SSSR count). The molecule has 0 aliphatic carbocycles. The van der Waals surface area contributed by atoms with E-state index < -0.39 is 5.97 Å². The zero-order valence-electron chi connectivity index (χ0n) is 18.4. The maximum Gasteiger partial charge on any atom is 0.375 e. The van der Waals surface area contributed by atoms with Crippen molar-refractivity contribution in [1.29, 1.82) is 0 Å². The van der Waals surface area contributed by atoms with Crippen molar-refractivity contribution in [2.45, 2.75) is 33.5 Å². The van der Waals surface area contributed by atoms with Crippen molar-refractivity contribution in [2.75, 3.05) is 11.9 Å². The van der Waals surface area contributed by atoms with E-state index in [0.717, 1.165) is 16.6 Å². The summed E-state index contributed by atoms with van der Waals surface area (Å²) in [5.41, 5.74) is 3.63. The molecule has 2 heterocycles. The standard InChI is InChI=1S/C25H24N2O5S/c1-3-30-14-19-18-9-5-7-11-21(18)32-24(19)25(29)31-13-17-15-33-23(26-17)12-22(28)27-20-10-6-4-8-16(20)2/h4-11,15H,3,12-14H2,1-2H3,(H,27,28). The Morgan fingerprint density at radius 3 is 2.70 bits per heavy atom. The molecule has 1 amide bonds. The van der Waals surface area contributed by atoms with Crippen molar-refractivity contribution in [2.24, 2.45) is 0 Å². The Bertz CT molecular complexity index is 1280. The van der Waals surface area contributed by atoms with Gasteiger partial charge in [0.05, 0.1) is 18.7 Å². The lowest BCUT2D eigenvalue weighted by molar-refractivity contribution is -0.115. The summed E-state index contributed by atoms with van der Waals surface area (Å²) < 4.78 is 16.7. The number of furan rings is 1. The first-order chi connectivity index (χ1) is 16.0. The molecule has 33 heavy (non-hydrogen) atoms. The number of hydrogen-bond donors (Lipinski definition) is 1. The molecule has 0 aliphatic heterocycles. The lowest BCUT2D eigenvalue weighted by atomic mass is 10.1. The first-order valence-corrected chi connectivity index (χ1v) is 11.5. The van der Waals surface area contributed by atoms with Gasteiger partial charge >= 0.3 is 5.97 Å². The van der Waals surface area contributed by atoms with Gasteiger partial charge in [-0.15, -0.1) is 11.3 Å². The molecule has 0 radical (unpaired) electrons. The van der Waals surface area contributed by atoms with Crippen LogP contribution in [0, 0.1) is 6.92 Å². The fraction of sp³-hybridized carbons (Fsp3) is 0.240. The summed E-state index contributed by atoms with van der Waals surface area (Å²) in [5.74, 6) is -0.588. The van der Waals surface area contributed by atoms with Crippen molar-refractivity contribution in [1.82, 2.24) is 4.98 Å². The van der Waals surface area contributed by atoms with E-state index in [0.29, 0.717) is 28.5 Å². The first-order valence-electron chi connectivity index (χ1n) is 10.6. The molecule has 170 valence electrons. The van der Waals surface area contributed by atoms with Crippen LogP contribution in [0.15, 0.2) is 58.3 Å². The minimum absolute atomic E-state index is 0.0140. The van der Waals surface area contributed by atoms with Crippen LogP contribution in [0.5, 0.6) is 0 Å². The number of nitrogens with one attached hydrogen (secondary N) is 1. The van der Waals surface area contributed by atoms with Gasteiger partial charge < -0.3 is 19.2 Å². The van der Waals surface area contributed by atoms with E-state index in [-0.39, 0.29) is 31.3 Å². The summed E-state index contributed by atoms with van der Waals surface area (Å²) in [4.78, 5) is 29.5. The molecular weight excluding hydrogens is 440 g/mol. The number of para-hydroxylation sites is 2. The number of rotatable bonds is 9. The van der Waals surface area contributed by atoms with Crippen LogP contribution in [0.25, 0.3) is 11.0 Å². The van der Waals surface area contributed by atoms with Gasteiger partial charge in [-0.3, -0.25) is 4.79 Å². The maximum atomic E-state index is 12.7. The average molecular weight is 465 g/mol. The van der Waals surface area contributed by atoms with Gasteiger partial charge in [-0.1, -0.05) is 36.4 Å². The van der Waals surface area contributed by atoms with Crippen LogP contribution in [0.4, 0.5) is 5.69 Å². The summed E-state index contributed by atoms with van der Waals surface area (Å²) >= 11 is 1.35. The Balaban J connectivity index is 1.38. The Hall–Kier alpha value is -3.49. The Morgan fingerprint density at radius 2 is 1.88 bits per heavy atom. The van der Waals surface area contributed by atoms with Crippen molar-refractivity contribution in [3.63, 3.8) is 0 Å². The maximum absolute atomic E-state index is 12.7. The number of carbonyl (C=O) groups is 2. The van der Waals surface area contributed by atoms with Crippen LogP contribution in [0.3, 0.4) is 0 Å². The second-order valence-corrected chi connectivity index (χ2v) is 8.33. The number of hydrogen-bond acceptors (Lipinski definition) is 7. The summed E-state index contributed by atoms with van der Waals surface area (Å²) in [6.45, 7) is 4.59. The molecule has 0 bridgehead atoms. The minimum atomic E-state index is -0.576. The summed E-state index contributed by atoms with van der Waals surface area (Å²) in [6, 6.07) is 15.0. The van der Waals surface area contributed by atoms with E-state index in [1.165, 1.54) is 11.3 Å². The minimum Gasteiger partial charge on any atom is -0.453 e. The average Bonchev–Trinajstić information content (AvgIpc) is 3.41. The highest BCUT2D eigenvalue weighted by molar-refractivity contribution is 7.09. The van der Waals surface area contributed by atoms with Crippen LogP contribution in [-0.4, -0.2) is 23.5 Å². The monoisotopic (exact) mass is 464 g/mol. The van der Waals surface area contributed by atoms with Gasteiger partial charge in [0.2, 0.25) is 11.7 Å². The molecule has 2 aromatic carbocycles. The van der Waals surface area contributed by atoms with Gasteiger partial charge in [0.1, 0.15) is 17.2 Å². The number of fused-ring (bicyclic) bond motifs is 1. The van der Waals surface area contributed by atoms with Gasteiger partial charge in [-0.05, 0) is 31.5 Å². The van der Waals surface area contributed by atoms with E-state index in [4.69, 9.17) is 13.9 Å². The zero-order valence-corrected chi connectivity index (χ0v) is 19.2. The van der Waals surface area contributed by atoms with Crippen molar-refractivity contribution < 1.29 is 23.5 Å². The van der Waals surface area contributed by atoms with Gasteiger partial charge in [-0.25, -0.2) is 9.78 Å². The molecule has 8 heteroatoms. The molecule has 0 fully saturated rings. The molecular formula is C25H24N2O5S. The lowest BCUT2D eigenvalue weighted by Crippen LogP contribution is -2.15. The van der Waals surface area contributed by atoms with Gasteiger partial charge in [0, 0.05) is 28.6 Å². The van der Waals surface area contributed by atoms with E-state index in [9.17, 15) is 9.59 Å². The van der Waals surface area contributed by atoms with E-state index in [1.54, 1.807) is 11.4 Å². The smallest absolute Gasteiger partial charge is 0.375 e. The number of carbonyl (C=O) groups excluding carboxylic acids is 2. The second kappa shape index (κ2) is 10.4. The zero-order chi connectivity index (χ0) is 23.2. The van der Waals surface area contributed by atoms with Crippen LogP contribution in [0.1, 0.15) is 39.3 Å². The highest BCUT2D eigenvalue weighted by Crippen LogP contribution is 2.27. The Morgan fingerprint density at radius 1 is 1.09 bits per heavy atom. The number of aromatic nitrogens is 1. The molecule has 0 aliphatic rings. The second-order valence-electron chi connectivity index (χ2n) is 7.39. The molecule has 0 atom stereocenters. The Labute approximate surface area is 195 Å². The van der Waals surface area contributed by atoms with Crippen LogP contribution >= 0.6 is 11.3 Å². The predicted octanol–water partition coefficient (Wildman–Crippen LogP) is 5.27. The third kappa shape index (κ3) is 5.47. The number of aryl methyl sites for hydroxylation is 1. The molecule has 4 aromatic rings. The molecule has 7 nitrogen and oxygen atoms in total. The van der Waals surface area contributed by atoms with Gasteiger partial charge in [0.25, 0.3) is 0 Å². The number of amides is 1. The van der Waals surface area contributed by atoms with Crippen molar-refractivity contribution >= 4 is 39.9 Å². The summed E-state index contributed by atoms with van der Waals surface area (Å²) in [7, 11) is 0. The predicted molar refractivity (Wildman–Crippen MR) is 126 cm³/mol. The van der Waals surface area contributed by atoms with E-state index in [2.05, 4.69) is 10.3 Å². The third-order valence-corrected chi connectivity index (χ3v) is 5.91. The Kier molecular flexibility index (Phi) is 7.16. The third-order valence-electron chi connectivity index (χ3n) is 5.02. The molecule has 0 spiro atoms. The fourth-order valence-corrected chi connectivity index (χ4v) is 4.13.